The number of rotatable bonds is 5. The van der Waals surface area contributed by atoms with E-state index >= 15 is 0 Å². The van der Waals surface area contributed by atoms with E-state index in [1.165, 1.54) is 0 Å². The minimum atomic E-state index is 0.409. The molecule has 0 saturated heterocycles. The quantitative estimate of drug-likeness (QED) is 0.817. The van der Waals surface area contributed by atoms with Gasteiger partial charge in [0.2, 0.25) is 0 Å². The van der Waals surface area contributed by atoms with E-state index in [0.717, 1.165) is 23.8 Å². The Labute approximate surface area is 100 Å². The number of aryl methyl sites for hydroxylation is 1. The predicted octanol–water partition coefficient (Wildman–Crippen LogP) is 0.499. The summed E-state index contributed by atoms with van der Waals surface area (Å²) in [5, 5.41) is 3.85. The fourth-order valence-corrected chi connectivity index (χ4v) is 1.64. The van der Waals surface area contributed by atoms with Gasteiger partial charge in [-0.1, -0.05) is 5.16 Å². The monoisotopic (exact) mass is 235 g/mol. The van der Waals surface area contributed by atoms with E-state index in [9.17, 15) is 0 Å². The molecule has 0 amide bonds. The number of aromatic nitrogens is 3. The molecule has 2 aromatic rings. The van der Waals surface area contributed by atoms with Gasteiger partial charge in [-0.15, -0.1) is 0 Å². The van der Waals surface area contributed by atoms with Gasteiger partial charge in [-0.2, -0.15) is 0 Å². The number of hydrogen-bond acceptors (Lipinski definition) is 5. The first-order valence-electron chi connectivity index (χ1n) is 5.48. The summed E-state index contributed by atoms with van der Waals surface area (Å²) in [6.07, 6.45) is 3.73. The highest BCUT2D eigenvalue weighted by molar-refractivity contribution is 5.04. The number of nitrogens with zero attached hydrogens (tertiary/aromatic N) is 4. The van der Waals surface area contributed by atoms with Crippen LogP contribution in [0.15, 0.2) is 23.0 Å². The van der Waals surface area contributed by atoms with Gasteiger partial charge < -0.3 is 14.8 Å². The third-order valence-corrected chi connectivity index (χ3v) is 2.57. The van der Waals surface area contributed by atoms with E-state index in [2.05, 4.69) is 15.0 Å². The van der Waals surface area contributed by atoms with Crippen LogP contribution in [0.25, 0.3) is 0 Å². The highest BCUT2D eigenvalue weighted by Gasteiger charge is 2.09. The Kier molecular flexibility index (Phi) is 3.55. The number of imidazole rings is 1. The third kappa shape index (κ3) is 2.92. The Balaban J connectivity index is 1.93. The molecule has 6 nitrogen and oxygen atoms in total. The van der Waals surface area contributed by atoms with Crippen LogP contribution in [-0.4, -0.2) is 26.7 Å². The summed E-state index contributed by atoms with van der Waals surface area (Å²) in [7, 11) is 4.00. The molecule has 2 rings (SSSR count). The predicted molar refractivity (Wildman–Crippen MR) is 62.8 cm³/mol. The molecule has 0 unspecified atom stereocenters. The van der Waals surface area contributed by atoms with Gasteiger partial charge in [0.05, 0.1) is 18.8 Å². The minimum Gasteiger partial charge on any atom is -0.360 e. The van der Waals surface area contributed by atoms with Gasteiger partial charge in [-0.05, 0) is 7.05 Å². The zero-order valence-electron chi connectivity index (χ0n) is 10.1. The van der Waals surface area contributed by atoms with Crippen molar-refractivity contribution in [3.05, 3.63) is 35.7 Å². The smallest absolute Gasteiger partial charge is 0.151 e. The normalized spacial score (nSPS) is 11.3. The van der Waals surface area contributed by atoms with Gasteiger partial charge in [0.25, 0.3) is 0 Å². The Morgan fingerprint density at radius 3 is 2.88 bits per heavy atom. The zero-order valence-corrected chi connectivity index (χ0v) is 10.1. The van der Waals surface area contributed by atoms with Crippen molar-refractivity contribution >= 4 is 0 Å². The first-order chi connectivity index (χ1) is 8.19. The Morgan fingerprint density at radius 2 is 2.29 bits per heavy atom. The van der Waals surface area contributed by atoms with Crippen molar-refractivity contribution in [2.75, 3.05) is 7.05 Å². The molecule has 6 heteroatoms. The summed E-state index contributed by atoms with van der Waals surface area (Å²) >= 11 is 0. The van der Waals surface area contributed by atoms with Crippen LogP contribution in [0.5, 0.6) is 0 Å². The van der Waals surface area contributed by atoms with Crippen LogP contribution < -0.4 is 5.73 Å². The molecule has 2 aromatic heterocycles. The SMILES string of the molecule is CN(Cc1cc(CN)no1)Cc1nccn1C. The van der Waals surface area contributed by atoms with E-state index in [0.29, 0.717) is 13.1 Å². The average molecular weight is 235 g/mol. The molecule has 0 aromatic carbocycles. The van der Waals surface area contributed by atoms with Crippen LogP contribution in [0.2, 0.25) is 0 Å². The molecule has 0 spiro atoms. The molecule has 0 saturated carbocycles. The van der Waals surface area contributed by atoms with Crippen molar-refractivity contribution in [1.82, 2.24) is 19.6 Å². The molecule has 17 heavy (non-hydrogen) atoms. The van der Waals surface area contributed by atoms with Crippen LogP contribution in [-0.2, 0) is 26.7 Å². The van der Waals surface area contributed by atoms with Gasteiger partial charge >= 0.3 is 0 Å². The van der Waals surface area contributed by atoms with Gasteiger partial charge in [-0.25, -0.2) is 4.98 Å². The fourth-order valence-electron chi connectivity index (χ4n) is 1.64. The standard InChI is InChI=1S/C11H17N5O/c1-15(8-11-13-3-4-16(11)2)7-10-5-9(6-12)14-17-10/h3-5H,6-8,12H2,1-2H3. The minimum absolute atomic E-state index is 0.409. The van der Waals surface area contributed by atoms with Crippen molar-refractivity contribution in [2.45, 2.75) is 19.6 Å². The van der Waals surface area contributed by atoms with E-state index in [1.807, 2.05) is 30.9 Å². The van der Waals surface area contributed by atoms with Gasteiger partial charge in [0.15, 0.2) is 5.76 Å². The lowest BCUT2D eigenvalue weighted by molar-refractivity contribution is 0.259. The highest BCUT2D eigenvalue weighted by Crippen LogP contribution is 2.08. The lowest BCUT2D eigenvalue weighted by atomic mass is 10.3. The maximum absolute atomic E-state index is 5.47. The molecule has 0 aliphatic rings. The summed E-state index contributed by atoms with van der Waals surface area (Å²) in [6, 6.07) is 1.88. The molecule has 0 aliphatic carbocycles. The van der Waals surface area contributed by atoms with Gasteiger partial charge in [0.1, 0.15) is 5.82 Å². The molecule has 0 radical (unpaired) electrons. The summed E-state index contributed by atoms with van der Waals surface area (Å²) in [5.41, 5.74) is 6.26. The molecule has 0 bridgehead atoms. The van der Waals surface area contributed by atoms with E-state index < -0.39 is 0 Å². The van der Waals surface area contributed by atoms with Crippen LogP contribution in [0.4, 0.5) is 0 Å². The van der Waals surface area contributed by atoms with Crippen LogP contribution in [0, 0.1) is 0 Å². The lowest BCUT2D eigenvalue weighted by Crippen LogP contribution is -2.19. The molecular formula is C11H17N5O. The molecule has 92 valence electrons. The van der Waals surface area contributed by atoms with Crippen molar-refractivity contribution < 1.29 is 4.52 Å². The Morgan fingerprint density at radius 1 is 1.47 bits per heavy atom. The van der Waals surface area contributed by atoms with Crippen molar-refractivity contribution in [3.8, 4) is 0 Å². The summed E-state index contributed by atoms with van der Waals surface area (Å²) in [6.45, 7) is 1.87. The second-order valence-electron chi connectivity index (χ2n) is 4.12. The van der Waals surface area contributed by atoms with Crippen molar-refractivity contribution in [2.24, 2.45) is 12.8 Å². The van der Waals surface area contributed by atoms with Crippen LogP contribution in [0.1, 0.15) is 17.3 Å². The maximum Gasteiger partial charge on any atom is 0.151 e. The maximum atomic E-state index is 5.47. The largest absolute Gasteiger partial charge is 0.360 e. The third-order valence-electron chi connectivity index (χ3n) is 2.57. The molecular weight excluding hydrogens is 218 g/mol. The highest BCUT2D eigenvalue weighted by atomic mass is 16.5. The number of hydrogen-bond donors (Lipinski definition) is 1. The van der Waals surface area contributed by atoms with Crippen LogP contribution >= 0.6 is 0 Å². The molecule has 0 aliphatic heterocycles. The lowest BCUT2D eigenvalue weighted by Gasteiger charge is -2.13. The Hall–Kier alpha value is -1.66. The topological polar surface area (TPSA) is 73.1 Å². The number of nitrogens with two attached hydrogens (primary N) is 1. The molecule has 2 N–H and O–H groups in total. The van der Waals surface area contributed by atoms with Crippen molar-refractivity contribution in [1.29, 1.82) is 0 Å². The summed E-state index contributed by atoms with van der Waals surface area (Å²) in [5.74, 6) is 1.84. The second kappa shape index (κ2) is 5.11. The first-order valence-corrected chi connectivity index (χ1v) is 5.48. The summed E-state index contributed by atoms with van der Waals surface area (Å²) in [4.78, 5) is 6.39. The van der Waals surface area contributed by atoms with E-state index in [1.54, 1.807) is 6.20 Å². The second-order valence-corrected chi connectivity index (χ2v) is 4.12. The summed E-state index contributed by atoms with van der Waals surface area (Å²) < 4.78 is 7.18. The van der Waals surface area contributed by atoms with E-state index in [4.69, 9.17) is 10.3 Å². The van der Waals surface area contributed by atoms with Gasteiger partial charge in [-0.3, -0.25) is 4.90 Å². The van der Waals surface area contributed by atoms with E-state index in [-0.39, 0.29) is 0 Å². The first kappa shape index (κ1) is 11.8. The average Bonchev–Trinajstić information content (AvgIpc) is 2.89. The molecule has 0 fully saturated rings. The Bertz CT molecular complexity index is 476. The van der Waals surface area contributed by atoms with Crippen LogP contribution in [0.3, 0.4) is 0 Å². The molecule has 2 heterocycles. The van der Waals surface area contributed by atoms with Gasteiger partial charge in [0, 0.05) is 32.1 Å². The van der Waals surface area contributed by atoms with Crippen molar-refractivity contribution in [3.63, 3.8) is 0 Å². The zero-order chi connectivity index (χ0) is 12.3. The fraction of sp³-hybridized carbons (Fsp3) is 0.455. The molecule has 0 atom stereocenters.